The van der Waals surface area contributed by atoms with Gasteiger partial charge in [0.2, 0.25) is 5.88 Å². The van der Waals surface area contributed by atoms with E-state index in [1.807, 2.05) is 0 Å². The van der Waals surface area contributed by atoms with E-state index >= 15 is 0 Å². The summed E-state index contributed by atoms with van der Waals surface area (Å²) in [4.78, 5) is 14.5. The van der Waals surface area contributed by atoms with Crippen molar-refractivity contribution in [2.24, 2.45) is 5.92 Å². The molecule has 0 amide bonds. The van der Waals surface area contributed by atoms with E-state index in [4.69, 9.17) is 42.6 Å². The van der Waals surface area contributed by atoms with Gasteiger partial charge in [-0.2, -0.15) is 4.98 Å². The van der Waals surface area contributed by atoms with Crippen molar-refractivity contribution < 1.29 is 9.47 Å². The lowest BCUT2D eigenvalue weighted by Gasteiger charge is -2.25. The van der Waals surface area contributed by atoms with Gasteiger partial charge in [-0.1, -0.05) is 30.1 Å². The molecule has 30 heavy (non-hydrogen) atoms. The van der Waals surface area contributed by atoms with E-state index in [0.29, 0.717) is 34.1 Å². The molecule has 2 aromatic heterocycles. The van der Waals surface area contributed by atoms with Crippen molar-refractivity contribution >= 4 is 44.8 Å². The summed E-state index contributed by atoms with van der Waals surface area (Å²) in [7, 11) is 0. The van der Waals surface area contributed by atoms with Gasteiger partial charge in [-0.3, -0.25) is 4.90 Å². The molecule has 1 aliphatic carbocycles. The van der Waals surface area contributed by atoms with Crippen molar-refractivity contribution in [1.82, 2.24) is 14.9 Å². The second-order valence-corrected chi connectivity index (χ2v) is 10.0. The lowest BCUT2D eigenvalue weighted by atomic mass is 9.89. The third kappa shape index (κ3) is 4.30. The van der Waals surface area contributed by atoms with Gasteiger partial charge in [0.15, 0.2) is 0 Å². The number of hydrogen-bond donors (Lipinski definition) is 0. The number of halogens is 2. The molecule has 0 saturated carbocycles. The SMILES string of the molecule is C[C@@H]1CCc2c(sc3nc(CN4CCOCC4)nc(Oc4cc(Cl)cc(Cl)c4)c23)C1. The largest absolute Gasteiger partial charge is 0.438 e. The zero-order chi connectivity index (χ0) is 20.7. The number of morpholine rings is 1. The number of hydrogen-bond acceptors (Lipinski definition) is 6. The second-order valence-electron chi connectivity index (χ2n) is 8.07. The van der Waals surface area contributed by atoms with Gasteiger partial charge in [0.05, 0.1) is 25.1 Å². The quantitative estimate of drug-likeness (QED) is 0.492. The maximum Gasteiger partial charge on any atom is 0.231 e. The van der Waals surface area contributed by atoms with Gasteiger partial charge < -0.3 is 9.47 Å². The van der Waals surface area contributed by atoms with Crippen LogP contribution in [-0.4, -0.2) is 41.2 Å². The lowest BCUT2D eigenvalue weighted by molar-refractivity contribution is 0.0330. The first-order valence-corrected chi connectivity index (χ1v) is 11.9. The average Bonchev–Trinajstić information content (AvgIpc) is 3.05. The highest BCUT2D eigenvalue weighted by molar-refractivity contribution is 7.18. The molecule has 1 atom stereocenters. The van der Waals surface area contributed by atoms with Crippen LogP contribution in [0, 0.1) is 5.92 Å². The Morgan fingerprint density at radius 1 is 1.17 bits per heavy atom. The number of aromatic nitrogens is 2. The van der Waals surface area contributed by atoms with Crippen LogP contribution in [0.2, 0.25) is 10.0 Å². The van der Waals surface area contributed by atoms with Gasteiger partial charge >= 0.3 is 0 Å². The predicted octanol–water partition coefficient (Wildman–Crippen LogP) is 5.75. The van der Waals surface area contributed by atoms with E-state index in [-0.39, 0.29) is 0 Å². The third-order valence-electron chi connectivity index (χ3n) is 5.69. The van der Waals surface area contributed by atoms with Crippen LogP contribution in [0.25, 0.3) is 10.2 Å². The molecule has 5 nitrogen and oxygen atoms in total. The summed E-state index contributed by atoms with van der Waals surface area (Å²) in [6, 6.07) is 5.23. The molecular weight excluding hydrogens is 441 g/mol. The minimum Gasteiger partial charge on any atom is -0.438 e. The number of nitrogens with zero attached hydrogens (tertiary/aromatic N) is 3. The standard InChI is InChI=1S/C22H23Cl2N3O2S/c1-13-2-3-17-18(8-13)30-22-20(17)21(29-16-10-14(23)9-15(24)11-16)25-19(26-22)12-27-4-6-28-7-5-27/h9-11,13H,2-8,12H2,1H3/t13-/m1/s1. The number of aryl methyl sites for hydroxylation is 1. The molecule has 0 spiro atoms. The van der Waals surface area contributed by atoms with E-state index < -0.39 is 0 Å². The van der Waals surface area contributed by atoms with Gasteiger partial charge in [-0.25, -0.2) is 4.98 Å². The molecule has 1 saturated heterocycles. The minimum absolute atomic E-state index is 0.539. The highest BCUT2D eigenvalue weighted by Crippen LogP contribution is 2.42. The minimum atomic E-state index is 0.539. The Kier molecular flexibility index (Phi) is 5.86. The fourth-order valence-corrected chi connectivity index (χ4v) is 6.05. The monoisotopic (exact) mass is 463 g/mol. The first-order chi connectivity index (χ1) is 14.5. The zero-order valence-electron chi connectivity index (χ0n) is 16.8. The molecule has 158 valence electrons. The number of ether oxygens (including phenoxy) is 2. The summed E-state index contributed by atoms with van der Waals surface area (Å²) in [5, 5.41) is 2.12. The van der Waals surface area contributed by atoms with E-state index in [0.717, 1.165) is 55.2 Å². The smallest absolute Gasteiger partial charge is 0.231 e. The molecule has 1 fully saturated rings. The van der Waals surface area contributed by atoms with Gasteiger partial charge in [-0.15, -0.1) is 11.3 Å². The molecule has 0 N–H and O–H groups in total. The van der Waals surface area contributed by atoms with Crippen LogP contribution >= 0.6 is 34.5 Å². The van der Waals surface area contributed by atoms with Crippen molar-refractivity contribution in [3.63, 3.8) is 0 Å². The summed E-state index contributed by atoms with van der Waals surface area (Å²) >= 11 is 14.2. The number of fused-ring (bicyclic) bond motifs is 3. The first kappa shape index (κ1) is 20.5. The highest BCUT2D eigenvalue weighted by atomic mass is 35.5. The summed E-state index contributed by atoms with van der Waals surface area (Å²) < 4.78 is 11.7. The van der Waals surface area contributed by atoms with Crippen molar-refractivity contribution in [2.45, 2.75) is 32.7 Å². The Morgan fingerprint density at radius 3 is 2.70 bits per heavy atom. The summed E-state index contributed by atoms with van der Waals surface area (Å²) in [5.41, 5.74) is 1.34. The maximum absolute atomic E-state index is 6.28. The van der Waals surface area contributed by atoms with Crippen LogP contribution in [0.4, 0.5) is 0 Å². The van der Waals surface area contributed by atoms with Crippen LogP contribution in [-0.2, 0) is 24.1 Å². The molecule has 5 rings (SSSR count). The molecule has 0 radical (unpaired) electrons. The Bertz CT molecular complexity index is 1060. The molecule has 3 aromatic rings. The number of benzene rings is 1. The summed E-state index contributed by atoms with van der Waals surface area (Å²) in [6.07, 6.45) is 3.31. The Morgan fingerprint density at radius 2 is 1.93 bits per heavy atom. The molecule has 8 heteroatoms. The fraction of sp³-hybridized carbons (Fsp3) is 0.455. The van der Waals surface area contributed by atoms with E-state index in [9.17, 15) is 0 Å². The predicted molar refractivity (Wildman–Crippen MR) is 121 cm³/mol. The molecular formula is C22H23Cl2N3O2S. The molecule has 0 unspecified atom stereocenters. The zero-order valence-corrected chi connectivity index (χ0v) is 19.1. The van der Waals surface area contributed by atoms with Gasteiger partial charge in [-0.05, 0) is 48.9 Å². The topological polar surface area (TPSA) is 47.5 Å². The number of thiophene rings is 1. The van der Waals surface area contributed by atoms with Gasteiger partial charge in [0.25, 0.3) is 0 Å². The van der Waals surface area contributed by atoms with Crippen molar-refractivity contribution in [3.8, 4) is 11.6 Å². The van der Waals surface area contributed by atoms with Crippen LogP contribution in [0.5, 0.6) is 11.6 Å². The number of rotatable bonds is 4. The molecule has 0 bridgehead atoms. The molecule has 2 aliphatic rings. The van der Waals surface area contributed by atoms with Crippen molar-refractivity contribution in [2.75, 3.05) is 26.3 Å². The second kappa shape index (κ2) is 8.60. The summed E-state index contributed by atoms with van der Waals surface area (Å²) in [6.45, 7) is 6.27. The lowest BCUT2D eigenvalue weighted by Crippen LogP contribution is -2.36. The van der Waals surface area contributed by atoms with Crippen molar-refractivity contribution in [3.05, 3.63) is 44.5 Å². The maximum atomic E-state index is 6.28. The Balaban J connectivity index is 1.57. The van der Waals surface area contributed by atoms with Crippen LogP contribution in [0.15, 0.2) is 18.2 Å². The molecule has 3 heterocycles. The van der Waals surface area contributed by atoms with Crippen molar-refractivity contribution in [1.29, 1.82) is 0 Å². The first-order valence-electron chi connectivity index (χ1n) is 10.3. The van der Waals surface area contributed by atoms with Crippen LogP contribution < -0.4 is 4.74 Å². The van der Waals surface area contributed by atoms with Crippen LogP contribution in [0.3, 0.4) is 0 Å². The fourth-order valence-electron chi connectivity index (χ4n) is 4.15. The van der Waals surface area contributed by atoms with Crippen LogP contribution in [0.1, 0.15) is 29.6 Å². The van der Waals surface area contributed by atoms with E-state index in [1.165, 1.54) is 16.9 Å². The third-order valence-corrected chi connectivity index (χ3v) is 7.27. The average molecular weight is 464 g/mol. The Labute approximate surface area is 189 Å². The highest BCUT2D eigenvalue weighted by Gasteiger charge is 2.25. The normalized spacial score (nSPS) is 19.8. The molecule has 1 aliphatic heterocycles. The van der Waals surface area contributed by atoms with E-state index in [1.54, 1.807) is 29.5 Å². The van der Waals surface area contributed by atoms with Gasteiger partial charge in [0, 0.05) is 28.0 Å². The van der Waals surface area contributed by atoms with E-state index in [2.05, 4.69) is 11.8 Å². The van der Waals surface area contributed by atoms with Gasteiger partial charge in [0.1, 0.15) is 16.4 Å². The summed E-state index contributed by atoms with van der Waals surface area (Å²) in [5.74, 6) is 2.67. The Hall–Kier alpha value is -1.44. The molecule has 1 aromatic carbocycles.